The average molecular weight is 196 g/mol. The fraction of sp³-hybridized carbons (Fsp3) is 0.600. The smallest absolute Gasteiger partial charge is 0.326 e. The van der Waals surface area contributed by atoms with Gasteiger partial charge in [0.1, 0.15) is 12.1 Å². The normalized spacial score (nSPS) is 11.4. The highest BCUT2D eigenvalue weighted by atomic mass is 16.6. The van der Waals surface area contributed by atoms with Gasteiger partial charge in [-0.2, -0.15) is 0 Å². The minimum Gasteiger partial charge on any atom is -0.459 e. The second kappa shape index (κ2) is 3.82. The van der Waals surface area contributed by atoms with E-state index in [-0.39, 0.29) is 12.5 Å². The van der Waals surface area contributed by atoms with Crippen LogP contribution in [0.3, 0.4) is 0 Å². The van der Waals surface area contributed by atoms with Crippen LogP contribution in [0.15, 0.2) is 12.5 Å². The van der Waals surface area contributed by atoms with Crippen LogP contribution in [0, 0.1) is 6.92 Å². The van der Waals surface area contributed by atoms with Crippen molar-refractivity contribution in [3.8, 4) is 0 Å². The number of aryl methyl sites for hydroxylation is 1. The summed E-state index contributed by atoms with van der Waals surface area (Å²) < 4.78 is 6.88. The highest BCUT2D eigenvalue weighted by Crippen LogP contribution is 2.07. The van der Waals surface area contributed by atoms with Gasteiger partial charge < -0.3 is 9.30 Å². The maximum absolute atomic E-state index is 11.4. The van der Waals surface area contributed by atoms with Gasteiger partial charge in [0.2, 0.25) is 0 Å². The van der Waals surface area contributed by atoms with Gasteiger partial charge in [-0.1, -0.05) is 0 Å². The Bertz CT molecular complexity index is 323. The molecule has 0 spiro atoms. The zero-order valence-electron chi connectivity index (χ0n) is 9.07. The lowest BCUT2D eigenvalue weighted by Gasteiger charge is -2.19. The third kappa shape index (κ3) is 3.60. The molecule has 0 atom stereocenters. The average Bonchev–Trinajstić information content (AvgIpc) is 2.30. The summed E-state index contributed by atoms with van der Waals surface area (Å²) in [6.45, 7) is 7.65. The van der Waals surface area contributed by atoms with E-state index >= 15 is 0 Å². The van der Waals surface area contributed by atoms with Crippen molar-refractivity contribution in [2.45, 2.75) is 39.8 Å². The number of nitrogens with zero attached hydrogens (tertiary/aromatic N) is 2. The summed E-state index contributed by atoms with van der Waals surface area (Å²) in [6.07, 6.45) is 3.43. The van der Waals surface area contributed by atoms with Crippen molar-refractivity contribution >= 4 is 5.97 Å². The Morgan fingerprint density at radius 1 is 1.57 bits per heavy atom. The van der Waals surface area contributed by atoms with Gasteiger partial charge in [0.05, 0.1) is 12.0 Å². The summed E-state index contributed by atoms with van der Waals surface area (Å²) in [7, 11) is 0. The number of rotatable bonds is 2. The van der Waals surface area contributed by atoms with Crippen molar-refractivity contribution in [1.29, 1.82) is 0 Å². The zero-order valence-corrected chi connectivity index (χ0v) is 9.07. The number of imidazole rings is 1. The van der Waals surface area contributed by atoms with E-state index in [9.17, 15) is 4.79 Å². The van der Waals surface area contributed by atoms with E-state index in [1.807, 2.05) is 33.9 Å². The molecular weight excluding hydrogens is 180 g/mol. The summed E-state index contributed by atoms with van der Waals surface area (Å²) >= 11 is 0. The molecule has 0 aliphatic heterocycles. The molecule has 0 fully saturated rings. The number of esters is 1. The van der Waals surface area contributed by atoms with Gasteiger partial charge in [-0.05, 0) is 27.7 Å². The molecule has 0 unspecified atom stereocenters. The predicted molar refractivity (Wildman–Crippen MR) is 52.8 cm³/mol. The van der Waals surface area contributed by atoms with Crippen LogP contribution in [-0.4, -0.2) is 21.1 Å². The largest absolute Gasteiger partial charge is 0.459 e. The van der Waals surface area contributed by atoms with E-state index < -0.39 is 5.60 Å². The second-order valence-corrected chi connectivity index (χ2v) is 4.27. The molecule has 0 saturated heterocycles. The number of carbonyl (C=O) groups excluding carboxylic acids is 1. The van der Waals surface area contributed by atoms with Gasteiger partial charge in [0.25, 0.3) is 0 Å². The van der Waals surface area contributed by atoms with Crippen molar-refractivity contribution in [1.82, 2.24) is 9.55 Å². The number of carbonyl (C=O) groups is 1. The van der Waals surface area contributed by atoms with E-state index in [1.165, 1.54) is 0 Å². The van der Waals surface area contributed by atoms with E-state index in [0.29, 0.717) is 0 Å². The molecule has 78 valence electrons. The van der Waals surface area contributed by atoms with E-state index in [4.69, 9.17) is 4.74 Å². The Morgan fingerprint density at radius 3 is 2.64 bits per heavy atom. The van der Waals surface area contributed by atoms with Crippen molar-refractivity contribution in [2.75, 3.05) is 0 Å². The quantitative estimate of drug-likeness (QED) is 0.674. The maximum Gasteiger partial charge on any atom is 0.326 e. The van der Waals surface area contributed by atoms with Crippen LogP contribution in [0.4, 0.5) is 0 Å². The van der Waals surface area contributed by atoms with Crippen LogP contribution in [0.1, 0.15) is 26.5 Å². The van der Waals surface area contributed by atoms with Crippen molar-refractivity contribution in [2.24, 2.45) is 0 Å². The Labute approximate surface area is 83.9 Å². The van der Waals surface area contributed by atoms with Crippen molar-refractivity contribution in [3.63, 3.8) is 0 Å². The Morgan fingerprint density at radius 2 is 2.21 bits per heavy atom. The molecule has 1 aromatic rings. The first-order valence-corrected chi connectivity index (χ1v) is 4.57. The molecule has 0 amide bonds. The molecule has 1 aromatic heterocycles. The van der Waals surface area contributed by atoms with Crippen LogP contribution in [0.25, 0.3) is 0 Å². The molecule has 14 heavy (non-hydrogen) atoms. The fourth-order valence-corrected chi connectivity index (χ4v) is 1.08. The lowest BCUT2D eigenvalue weighted by molar-refractivity contribution is -0.155. The zero-order chi connectivity index (χ0) is 10.8. The van der Waals surface area contributed by atoms with Crippen LogP contribution in [-0.2, 0) is 16.1 Å². The van der Waals surface area contributed by atoms with E-state index in [1.54, 1.807) is 10.9 Å². The lowest BCUT2D eigenvalue weighted by atomic mass is 10.2. The highest BCUT2D eigenvalue weighted by molar-refractivity contribution is 5.69. The highest BCUT2D eigenvalue weighted by Gasteiger charge is 2.16. The number of hydrogen-bond donors (Lipinski definition) is 0. The molecular formula is C10H16N2O2. The molecule has 0 aromatic carbocycles. The molecule has 1 rings (SSSR count). The maximum atomic E-state index is 11.4. The first-order valence-electron chi connectivity index (χ1n) is 4.57. The first kappa shape index (κ1) is 10.8. The van der Waals surface area contributed by atoms with Crippen LogP contribution in [0.5, 0.6) is 0 Å². The topological polar surface area (TPSA) is 44.1 Å². The summed E-state index contributed by atoms with van der Waals surface area (Å²) in [6, 6.07) is 0. The van der Waals surface area contributed by atoms with Gasteiger partial charge in [0, 0.05) is 6.20 Å². The summed E-state index contributed by atoms with van der Waals surface area (Å²) in [5.41, 5.74) is 0.473. The van der Waals surface area contributed by atoms with E-state index in [0.717, 1.165) is 5.69 Å². The minimum atomic E-state index is -0.424. The fourth-order valence-electron chi connectivity index (χ4n) is 1.08. The van der Waals surface area contributed by atoms with Gasteiger partial charge in [-0.3, -0.25) is 4.79 Å². The molecule has 0 N–H and O–H groups in total. The SMILES string of the molecule is Cc1cn(CC(=O)OC(C)(C)C)cn1. The third-order valence-electron chi connectivity index (χ3n) is 1.49. The molecule has 0 bridgehead atoms. The number of aromatic nitrogens is 2. The molecule has 0 aliphatic rings. The molecule has 0 aliphatic carbocycles. The Hall–Kier alpha value is -1.32. The molecule has 1 heterocycles. The molecule has 4 nitrogen and oxygen atoms in total. The molecule has 0 saturated carbocycles. The second-order valence-electron chi connectivity index (χ2n) is 4.27. The van der Waals surface area contributed by atoms with Gasteiger partial charge in [0.15, 0.2) is 0 Å². The standard InChI is InChI=1S/C10H16N2O2/c1-8-5-12(7-11-8)6-9(13)14-10(2,3)4/h5,7H,6H2,1-4H3. The number of hydrogen-bond acceptors (Lipinski definition) is 3. The first-order chi connectivity index (χ1) is 6.37. The minimum absolute atomic E-state index is 0.220. The third-order valence-corrected chi connectivity index (χ3v) is 1.49. The predicted octanol–water partition coefficient (Wildman–Crippen LogP) is 1.53. The monoisotopic (exact) mass is 196 g/mol. The summed E-state index contributed by atoms with van der Waals surface area (Å²) in [5, 5.41) is 0. The van der Waals surface area contributed by atoms with Crippen LogP contribution >= 0.6 is 0 Å². The lowest BCUT2D eigenvalue weighted by Crippen LogP contribution is -2.26. The Kier molecular flexibility index (Phi) is 2.93. The Balaban J connectivity index is 2.50. The van der Waals surface area contributed by atoms with Crippen molar-refractivity contribution < 1.29 is 9.53 Å². The molecule has 0 radical (unpaired) electrons. The summed E-state index contributed by atoms with van der Waals surface area (Å²) in [4.78, 5) is 15.4. The van der Waals surface area contributed by atoms with Crippen LogP contribution < -0.4 is 0 Å². The summed E-state index contributed by atoms with van der Waals surface area (Å²) in [5.74, 6) is -0.241. The van der Waals surface area contributed by atoms with Gasteiger partial charge in [-0.15, -0.1) is 0 Å². The van der Waals surface area contributed by atoms with Crippen LogP contribution in [0.2, 0.25) is 0 Å². The van der Waals surface area contributed by atoms with Gasteiger partial charge in [-0.25, -0.2) is 4.98 Å². The van der Waals surface area contributed by atoms with Crippen molar-refractivity contribution in [3.05, 3.63) is 18.2 Å². The molecule has 4 heteroatoms. The number of ether oxygens (including phenoxy) is 1. The van der Waals surface area contributed by atoms with E-state index in [2.05, 4.69) is 4.98 Å². The van der Waals surface area contributed by atoms with Gasteiger partial charge >= 0.3 is 5.97 Å².